The molecule has 0 heterocycles. The SMILES string of the molecule is CCC(CC)N/N=C/CCO. The van der Waals surface area contributed by atoms with Gasteiger partial charge in [0.25, 0.3) is 0 Å². The van der Waals surface area contributed by atoms with Crippen molar-refractivity contribution in [3.05, 3.63) is 0 Å². The van der Waals surface area contributed by atoms with E-state index in [2.05, 4.69) is 24.4 Å². The van der Waals surface area contributed by atoms with Crippen LogP contribution < -0.4 is 5.43 Å². The van der Waals surface area contributed by atoms with Crippen molar-refractivity contribution in [3.8, 4) is 0 Å². The van der Waals surface area contributed by atoms with Gasteiger partial charge in [-0.1, -0.05) is 13.8 Å². The molecule has 0 saturated carbocycles. The molecule has 0 bridgehead atoms. The fraction of sp³-hybridized carbons (Fsp3) is 0.875. The largest absolute Gasteiger partial charge is 0.396 e. The molecule has 11 heavy (non-hydrogen) atoms. The highest BCUT2D eigenvalue weighted by molar-refractivity contribution is 5.56. The van der Waals surface area contributed by atoms with Crippen LogP contribution in [0.3, 0.4) is 0 Å². The maximum Gasteiger partial charge on any atom is 0.0481 e. The third-order valence-corrected chi connectivity index (χ3v) is 1.59. The van der Waals surface area contributed by atoms with Crippen LogP contribution in [0.5, 0.6) is 0 Å². The zero-order valence-electron chi connectivity index (χ0n) is 7.38. The average Bonchev–Trinajstić information content (AvgIpc) is 2.05. The second kappa shape index (κ2) is 7.54. The smallest absolute Gasteiger partial charge is 0.0481 e. The highest BCUT2D eigenvalue weighted by Crippen LogP contribution is 1.94. The third kappa shape index (κ3) is 5.85. The van der Waals surface area contributed by atoms with E-state index in [0.29, 0.717) is 12.5 Å². The lowest BCUT2D eigenvalue weighted by molar-refractivity contribution is 0.308. The van der Waals surface area contributed by atoms with Gasteiger partial charge < -0.3 is 10.5 Å². The van der Waals surface area contributed by atoms with E-state index in [-0.39, 0.29) is 6.61 Å². The lowest BCUT2D eigenvalue weighted by Crippen LogP contribution is -2.22. The quantitative estimate of drug-likeness (QED) is 0.449. The number of aliphatic hydroxyl groups is 1. The minimum absolute atomic E-state index is 0.175. The van der Waals surface area contributed by atoms with Gasteiger partial charge in [-0.3, -0.25) is 0 Å². The van der Waals surface area contributed by atoms with Crippen molar-refractivity contribution in [2.75, 3.05) is 6.61 Å². The Morgan fingerprint density at radius 2 is 2.09 bits per heavy atom. The predicted molar refractivity (Wildman–Crippen MR) is 47.7 cm³/mol. The molecular formula is C8H18N2O. The van der Waals surface area contributed by atoms with Gasteiger partial charge >= 0.3 is 0 Å². The van der Waals surface area contributed by atoms with Crippen LogP contribution in [0.2, 0.25) is 0 Å². The second-order valence-electron chi connectivity index (χ2n) is 2.47. The molecule has 0 aliphatic heterocycles. The van der Waals surface area contributed by atoms with Gasteiger partial charge in [-0.2, -0.15) is 5.10 Å². The van der Waals surface area contributed by atoms with Gasteiger partial charge in [0.1, 0.15) is 0 Å². The fourth-order valence-electron chi connectivity index (χ4n) is 0.752. The van der Waals surface area contributed by atoms with E-state index in [1.165, 1.54) is 0 Å². The van der Waals surface area contributed by atoms with Crippen molar-refractivity contribution < 1.29 is 5.11 Å². The van der Waals surface area contributed by atoms with Crippen molar-refractivity contribution >= 4 is 6.21 Å². The molecule has 0 radical (unpaired) electrons. The molecule has 0 unspecified atom stereocenters. The molecule has 0 amide bonds. The first-order valence-electron chi connectivity index (χ1n) is 4.23. The number of rotatable bonds is 6. The van der Waals surface area contributed by atoms with Crippen LogP contribution in [0.25, 0.3) is 0 Å². The zero-order chi connectivity index (χ0) is 8.53. The Morgan fingerprint density at radius 1 is 1.45 bits per heavy atom. The Balaban J connectivity index is 3.33. The molecule has 0 spiro atoms. The summed E-state index contributed by atoms with van der Waals surface area (Å²) in [4.78, 5) is 0. The molecule has 0 fully saturated rings. The maximum absolute atomic E-state index is 8.43. The molecule has 0 aromatic heterocycles. The molecule has 0 aromatic rings. The van der Waals surface area contributed by atoms with Gasteiger partial charge in [0, 0.05) is 25.3 Å². The summed E-state index contributed by atoms with van der Waals surface area (Å²) in [5.74, 6) is 0. The van der Waals surface area contributed by atoms with E-state index < -0.39 is 0 Å². The average molecular weight is 158 g/mol. The minimum atomic E-state index is 0.175. The first kappa shape index (κ1) is 10.4. The van der Waals surface area contributed by atoms with Crippen molar-refractivity contribution in [1.29, 1.82) is 0 Å². The van der Waals surface area contributed by atoms with Crippen LogP contribution in [0, 0.1) is 0 Å². The van der Waals surface area contributed by atoms with Crippen LogP contribution in [0.1, 0.15) is 33.1 Å². The molecule has 66 valence electrons. The Bertz CT molecular complexity index is 100. The number of hydrogen-bond acceptors (Lipinski definition) is 3. The molecule has 3 heteroatoms. The van der Waals surface area contributed by atoms with E-state index >= 15 is 0 Å². The molecule has 0 aliphatic carbocycles. The highest BCUT2D eigenvalue weighted by atomic mass is 16.2. The third-order valence-electron chi connectivity index (χ3n) is 1.59. The number of aliphatic hydroxyl groups excluding tert-OH is 1. The first-order chi connectivity index (χ1) is 5.35. The highest BCUT2D eigenvalue weighted by Gasteiger charge is 1.97. The fourth-order valence-corrected chi connectivity index (χ4v) is 0.752. The summed E-state index contributed by atoms with van der Waals surface area (Å²) in [7, 11) is 0. The van der Waals surface area contributed by atoms with Crippen LogP contribution >= 0.6 is 0 Å². The van der Waals surface area contributed by atoms with E-state index in [4.69, 9.17) is 5.11 Å². The lowest BCUT2D eigenvalue weighted by Gasteiger charge is -2.10. The van der Waals surface area contributed by atoms with Crippen LogP contribution in [-0.2, 0) is 0 Å². The summed E-state index contributed by atoms with van der Waals surface area (Å²) in [5.41, 5.74) is 3.01. The Labute approximate surface area is 68.5 Å². The minimum Gasteiger partial charge on any atom is -0.396 e. The Morgan fingerprint density at radius 3 is 2.55 bits per heavy atom. The normalized spacial score (nSPS) is 11.3. The van der Waals surface area contributed by atoms with E-state index in [1.54, 1.807) is 6.21 Å². The molecule has 0 aliphatic rings. The molecule has 0 aromatic carbocycles. The maximum atomic E-state index is 8.43. The Hall–Kier alpha value is -0.570. The van der Waals surface area contributed by atoms with E-state index in [1.807, 2.05) is 0 Å². The summed E-state index contributed by atoms with van der Waals surface area (Å²) in [6.45, 7) is 4.43. The molecular weight excluding hydrogens is 140 g/mol. The van der Waals surface area contributed by atoms with E-state index in [0.717, 1.165) is 12.8 Å². The number of nitrogens with one attached hydrogen (secondary N) is 1. The van der Waals surface area contributed by atoms with Crippen LogP contribution in [0.15, 0.2) is 5.10 Å². The van der Waals surface area contributed by atoms with Crippen molar-refractivity contribution in [1.82, 2.24) is 5.43 Å². The monoisotopic (exact) mass is 158 g/mol. The van der Waals surface area contributed by atoms with Gasteiger partial charge in [-0.05, 0) is 12.8 Å². The number of hydrogen-bond donors (Lipinski definition) is 2. The van der Waals surface area contributed by atoms with Crippen molar-refractivity contribution in [2.45, 2.75) is 39.2 Å². The first-order valence-corrected chi connectivity index (χ1v) is 4.23. The summed E-state index contributed by atoms with van der Waals surface area (Å²) < 4.78 is 0. The lowest BCUT2D eigenvalue weighted by atomic mass is 10.2. The summed E-state index contributed by atoms with van der Waals surface area (Å²) in [5, 5.41) is 12.4. The Kier molecular flexibility index (Phi) is 7.15. The topological polar surface area (TPSA) is 44.6 Å². The number of nitrogens with zero attached hydrogens (tertiary/aromatic N) is 1. The van der Waals surface area contributed by atoms with Crippen molar-refractivity contribution in [3.63, 3.8) is 0 Å². The van der Waals surface area contributed by atoms with Gasteiger partial charge in [0.2, 0.25) is 0 Å². The molecule has 0 rings (SSSR count). The predicted octanol–water partition coefficient (Wildman–Crippen LogP) is 1.13. The van der Waals surface area contributed by atoms with Crippen LogP contribution in [0.4, 0.5) is 0 Å². The van der Waals surface area contributed by atoms with Gasteiger partial charge in [-0.25, -0.2) is 0 Å². The van der Waals surface area contributed by atoms with Gasteiger partial charge in [0.05, 0.1) is 0 Å². The molecule has 0 atom stereocenters. The zero-order valence-corrected chi connectivity index (χ0v) is 7.38. The second-order valence-corrected chi connectivity index (χ2v) is 2.47. The van der Waals surface area contributed by atoms with Crippen LogP contribution in [-0.4, -0.2) is 24.0 Å². The summed E-state index contributed by atoms with van der Waals surface area (Å²) >= 11 is 0. The standard InChI is InChI=1S/C8H18N2O/c1-3-8(4-2)10-9-6-5-7-11/h6,8,10-11H,3-5,7H2,1-2H3/b9-6+. The van der Waals surface area contributed by atoms with E-state index in [9.17, 15) is 0 Å². The van der Waals surface area contributed by atoms with Crippen molar-refractivity contribution in [2.24, 2.45) is 5.10 Å². The molecule has 0 saturated heterocycles. The molecule has 3 nitrogen and oxygen atoms in total. The van der Waals surface area contributed by atoms with Gasteiger partial charge in [0.15, 0.2) is 0 Å². The van der Waals surface area contributed by atoms with Gasteiger partial charge in [-0.15, -0.1) is 0 Å². The summed E-state index contributed by atoms with van der Waals surface area (Å²) in [6, 6.07) is 0.477. The summed E-state index contributed by atoms with van der Waals surface area (Å²) in [6.07, 6.45) is 4.52. The molecule has 2 N–H and O–H groups in total. The number of hydrazone groups is 1.